The van der Waals surface area contributed by atoms with E-state index in [0.29, 0.717) is 5.56 Å². The summed E-state index contributed by atoms with van der Waals surface area (Å²) in [6, 6.07) is 16.1. The minimum absolute atomic E-state index is 0.349. The molecule has 3 heteroatoms. The van der Waals surface area contributed by atoms with Crippen molar-refractivity contribution in [1.82, 2.24) is 4.98 Å². The second-order valence-corrected chi connectivity index (χ2v) is 7.22. The van der Waals surface area contributed by atoms with Gasteiger partial charge in [0.15, 0.2) is 0 Å². The lowest BCUT2D eigenvalue weighted by molar-refractivity contribution is 0.0701. The molecule has 0 aliphatic heterocycles. The van der Waals surface area contributed by atoms with Crippen molar-refractivity contribution >= 4 is 27.8 Å². The lowest BCUT2D eigenvalue weighted by Crippen LogP contribution is -2.05. The molecule has 1 aromatic heterocycles. The molecular formula is C24H21NO2. The van der Waals surface area contributed by atoms with Gasteiger partial charge in [0, 0.05) is 10.8 Å². The lowest BCUT2D eigenvalue weighted by atomic mass is 9.88. The molecule has 134 valence electrons. The van der Waals surface area contributed by atoms with Crippen LogP contribution in [-0.2, 0) is 0 Å². The number of hydrogen-bond donors (Lipinski definition) is 1. The van der Waals surface area contributed by atoms with E-state index in [2.05, 4.69) is 19.1 Å². The third-order valence-corrected chi connectivity index (χ3v) is 5.23. The average Bonchev–Trinajstić information content (AvgIpc) is 2.60. The number of rotatable bonds is 2. The van der Waals surface area contributed by atoms with E-state index in [1.165, 1.54) is 0 Å². The van der Waals surface area contributed by atoms with Gasteiger partial charge in [-0.25, -0.2) is 9.78 Å². The zero-order valence-corrected chi connectivity index (χ0v) is 15.9. The Morgan fingerprint density at radius 2 is 1.52 bits per heavy atom. The highest BCUT2D eigenvalue weighted by molar-refractivity contribution is 6.16. The summed E-state index contributed by atoms with van der Waals surface area (Å²) in [6.07, 6.45) is 0. The molecule has 4 aromatic rings. The standard InChI is InChI=1S/C24H21NO2/c1-13-10-14(2)21-18(11-13)25-19-12-15(3)20(17-8-6-5-7-9-17)16(4)22(19)23(21)24(26)27/h5-12H,1-4H3,(H,26,27). The predicted molar refractivity (Wildman–Crippen MR) is 111 cm³/mol. The van der Waals surface area contributed by atoms with Gasteiger partial charge in [-0.1, -0.05) is 36.4 Å². The second kappa shape index (κ2) is 6.20. The summed E-state index contributed by atoms with van der Waals surface area (Å²) in [5.74, 6) is -0.912. The fourth-order valence-corrected chi connectivity index (χ4v) is 4.24. The Balaban J connectivity index is 2.24. The summed E-state index contributed by atoms with van der Waals surface area (Å²) in [5, 5.41) is 11.6. The van der Waals surface area contributed by atoms with Gasteiger partial charge >= 0.3 is 5.97 Å². The van der Waals surface area contributed by atoms with Crippen LogP contribution in [0.25, 0.3) is 32.9 Å². The van der Waals surface area contributed by atoms with Gasteiger partial charge in [0.05, 0.1) is 16.6 Å². The topological polar surface area (TPSA) is 50.2 Å². The van der Waals surface area contributed by atoms with E-state index in [0.717, 1.165) is 55.2 Å². The molecule has 3 nitrogen and oxygen atoms in total. The van der Waals surface area contributed by atoms with Gasteiger partial charge in [0.2, 0.25) is 0 Å². The minimum atomic E-state index is -0.912. The van der Waals surface area contributed by atoms with Gasteiger partial charge < -0.3 is 5.11 Å². The number of aromatic nitrogens is 1. The van der Waals surface area contributed by atoms with Crippen molar-refractivity contribution in [3.63, 3.8) is 0 Å². The second-order valence-electron chi connectivity index (χ2n) is 7.22. The molecule has 0 fully saturated rings. The van der Waals surface area contributed by atoms with Crippen LogP contribution in [0.4, 0.5) is 0 Å². The first-order chi connectivity index (χ1) is 12.9. The van der Waals surface area contributed by atoms with Gasteiger partial charge in [0.1, 0.15) is 0 Å². The van der Waals surface area contributed by atoms with Crippen molar-refractivity contribution in [1.29, 1.82) is 0 Å². The number of benzene rings is 3. The van der Waals surface area contributed by atoms with E-state index in [4.69, 9.17) is 4.98 Å². The number of aromatic carboxylic acids is 1. The number of hydrogen-bond acceptors (Lipinski definition) is 2. The van der Waals surface area contributed by atoms with Gasteiger partial charge in [-0.3, -0.25) is 0 Å². The Hall–Kier alpha value is -3.20. The van der Waals surface area contributed by atoms with Gasteiger partial charge in [-0.15, -0.1) is 0 Å². The summed E-state index contributed by atoms with van der Waals surface area (Å²) in [6.45, 7) is 8.02. The number of nitrogens with zero attached hydrogens (tertiary/aromatic N) is 1. The van der Waals surface area contributed by atoms with Crippen LogP contribution < -0.4 is 0 Å². The highest BCUT2D eigenvalue weighted by Gasteiger charge is 2.21. The van der Waals surface area contributed by atoms with Crippen LogP contribution in [0.3, 0.4) is 0 Å². The Morgan fingerprint density at radius 3 is 2.19 bits per heavy atom. The molecule has 4 rings (SSSR count). The van der Waals surface area contributed by atoms with Crippen LogP contribution in [-0.4, -0.2) is 16.1 Å². The minimum Gasteiger partial charge on any atom is -0.478 e. The van der Waals surface area contributed by atoms with Crippen molar-refractivity contribution in [3.05, 3.63) is 76.3 Å². The number of aryl methyl sites for hydroxylation is 4. The first-order valence-corrected chi connectivity index (χ1v) is 9.02. The zero-order valence-electron chi connectivity index (χ0n) is 15.9. The van der Waals surface area contributed by atoms with E-state index >= 15 is 0 Å². The number of fused-ring (bicyclic) bond motifs is 2. The zero-order chi connectivity index (χ0) is 19.3. The van der Waals surface area contributed by atoms with Crippen LogP contribution in [0.1, 0.15) is 32.6 Å². The Morgan fingerprint density at radius 1 is 0.852 bits per heavy atom. The number of carbonyl (C=O) groups is 1. The normalized spacial score (nSPS) is 11.3. The summed E-state index contributed by atoms with van der Waals surface area (Å²) >= 11 is 0. The number of carboxylic acids is 1. The maximum Gasteiger partial charge on any atom is 0.337 e. The molecule has 0 spiro atoms. The average molecular weight is 355 g/mol. The van der Waals surface area contributed by atoms with Crippen molar-refractivity contribution in [2.75, 3.05) is 0 Å². The summed E-state index contributed by atoms with van der Waals surface area (Å²) < 4.78 is 0. The lowest BCUT2D eigenvalue weighted by Gasteiger charge is -2.17. The maximum atomic E-state index is 12.3. The molecule has 1 heterocycles. The SMILES string of the molecule is Cc1cc(C)c2c(C(=O)O)c3c(C)c(-c4ccccc4)c(C)cc3nc2c1. The van der Waals surface area contributed by atoms with Crippen molar-refractivity contribution in [2.45, 2.75) is 27.7 Å². The van der Waals surface area contributed by atoms with Crippen LogP contribution in [0.5, 0.6) is 0 Å². The molecular weight excluding hydrogens is 334 g/mol. The van der Waals surface area contributed by atoms with E-state index < -0.39 is 5.97 Å². The third kappa shape index (κ3) is 2.67. The molecule has 0 saturated heterocycles. The quantitative estimate of drug-likeness (QED) is 0.450. The molecule has 0 saturated carbocycles. The summed E-state index contributed by atoms with van der Waals surface area (Å²) in [7, 11) is 0. The smallest absolute Gasteiger partial charge is 0.337 e. The molecule has 0 radical (unpaired) electrons. The first kappa shape index (κ1) is 17.2. The van der Waals surface area contributed by atoms with E-state index in [1.807, 2.05) is 57.2 Å². The fraction of sp³-hybridized carbons (Fsp3) is 0.167. The van der Waals surface area contributed by atoms with Crippen molar-refractivity contribution in [2.24, 2.45) is 0 Å². The van der Waals surface area contributed by atoms with Crippen LogP contribution in [0.15, 0.2) is 48.5 Å². The Labute approximate surface area is 158 Å². The van der Waals surface area contributed by atoms with Gasteiger partial charge in [-0.2, -0.15) is 0 Å². The highest BCUT2D eigenvalue weighted by Crippen LogP contribution is 2.37. The van der Waals surface area contributed by atoms with Crippen LogP contribution in [0.2, 0.25) is 0 Å². The van der Waals surface area contributed by atoms with Crippen LogP contribution >= 0.6 is 0 Å². The monoisotopic (exact) mass is 355 g/mol. The number of carboxylic acid groups (broad SMARTS) is 1. The molecule has 1 N–H and O–H groups in total. The number of pyridine rings is 1. The Kier molecular flexibility index (Phi) is 3.96. The highest BCUT2D eigenvalue weighted by atomic mass is 16.4. The van der Waals surface area contributed by atoms with Gasteiger partial charge in [-0.05, 0) is 73.2 Å². The van der Waals surface area contributed by atoms with Crippen LogP contribution in [0, 0.1) is 27.7 Å². The third-order valence-electron chi connectivity index (χ3n) is 5.23. The molecule has 0 unspecified atom stereocenters. The van der Waals surface area contributed by atoms with E-state index in [-0.39, 0.29) is 0 Å². The maximum absolute atomic E-state index is 12.3. The van der Waals surface area contributed by atoms with Gasteiger partial charge in [0.25, 0.3) is 0 Å². The Bertz CT molecular complexity index is 1220. The molecule has 0 aliphatic carbocycles. The summed E-state index contributed by atoms with van der Waals surface area (Å²) in [4.78, 5) is 17.2. The van der Waals surface area contributed by atoms with E-state index in [1.54, 1.807) is 0 Å². The predicted octanol–water partition coefficient (Wildman–Crippen LogP) is 5.99. The molecule has 0 bridgehead atoms. The van der Waals surface area contributed by atoms with Crippen molar-refractivity contribution in [3.8, 4) is 11.1 Å². The molecule has 0 atom stereocenters. The molecule has 3 aromatic carbocycles. The molecule has 0 amide bonds. The van der Waals surface area contributed by atoms with Crippen molar-refractivity contribution < 1.29 is 9.90 Å². The molecule has 0 aliphatic rings. The first-order valence-electron chi connectivity index (χ1n) is 9.02. The summed E-state index contributed by atoms with van der Waals surface area (Å²) in [5.41, 5.74) is 8.07. The van der Waals surface area contributed by atoms with E-state index in [9.17, 15) is 9.90 Å². The fourth-order valence-electron chi connectivity index (χ4n) is 4.24. The largest absolute Gasteiger partial charge is 0.478 e. The molecule has 27 heavy (non-hydrogen) atoms.